The number of carbonyl (C=O) groups is 1. The summed E-state index contributed by atoms with van der Waals surface area (Å²) in [5, 5.41) is 12.5. The molecule has 0 unspecified atom stereocenters. The van der Waals surface area contributed by atoms with Gasteiger partial charge in [0.1, 0.15) is 6.54 Å². The molecule has 0 N–H and O–H groups in total. The third-order valence-electron chi connectivity index (χ3n) is 5.24. The number of fused-ring (bicyclic) bond motifs is 1. The Labute approximate surface area is 159 Å². The Morgan fingerprint density at radius 3 is 2.52 bits per heavy atom. The number of nitrogens with zero attached hydrogens (tertiary/aromatic N) is 4. The maximum atomic E-state index is 12.6. The summed E-state index contributed by atoms with van der Waals surface area (Å²) in [4.78, 5) is 14.0. The van der Waals surface area contributed by atoms with Gasteiger partial charge in [0.25, 0.3) is 0 Å². The third kappa shape index (κ3) is 3.82. The van der Waals surface area contributed by atoms with Crippen molar-refractivity contribution in [3.05, 3.63) is 64.7 Å². The Bertz CT molecular complexity index is 957. The molecule has 27 heavy (non-hydrogen) atoms. The molecule has 5 nitrogen and oxygen atoms in total. The van der Waals surface area contributed by atoms with E-state index in [0.717, 1.165) is 24.0 Å². The number of Topliss-reactive ketones (excluding diaryl/α,β-unsaturated/α-hetero) is 1. The van der Waals surface area contributed by atoms with E-state index in [2.05, 4.69) is 47.5 Å². The van der Waals surface area contributed by atoms with Gasteiger partial charge in [0.2, 0.25) is 5.82 Å². The van der Waals surface area contributed by atoms with Gasteiger partial charge in [0.05, 0.1) is 0 Å². The average molecular weight is 360 g/mol. The molecule has 0 aliphatic heterocycles. The SMILES string of the molecule is CC(C)c1ccc(-c2nnn(CC(=O)c3ccc4c(c3)CCCC4)n2)cc1. The van der Waals surface area contributed by atoms with Crippen molar-refractivity contribution in [3.8, 4) is 11.4 Å². The molecule has 2 aromatic carbocycles. The molecular formula is C22H24N4O. The topological polar surface area (TPSA) is 60.7 Å². The quantitative estimate of drug-likeness (QED) is 0.639. The lowest BCUT2D eigenvalue weighted by atomic mass is 9.90. The lowest BCUT2D eigenvalue weighted by Crippen LogP contribution is -2.14. The zero-order valence-corrected chi connectivity index (χ0v) is 15.9. The fraction of sp³-hybridized carbons (Fsp3) is 0.364. The van der Waals surface area contributed by atoms with E-state index in [0.29, 0.717) is 11.7 Å². The number of ketones is 1. The first-order valence-electron chi connectivity index (χ1n) is 9.63. The summed E-state index contributed by atoms with van der Waals surface area (Å²) in [6.07, 6.45) is 4.63. The van der Waals surface area contributed by atoms with Gasteiger partial charge < -0.3 is 0 Å². The summed E-state index contributed by atoms with van der Waals surface area (Å²) < 4.78 is 0. The zero-order chi connectivity index (χ0) is 18.8. The van der Waals surface area contributed by atoms with Gasteiger partial charge in [0, 0.05) is 11.1 Å². The number of benzene rings is 2. The van der Waals surface area contributed by atoms with E-state index in [1.54, 1.807) is 0 Å². The molecule has 0 saturated carbocycles. The number of hydrogen-bond donors (Lipinski definition) is 0. The number of hydrogen-bond acceptors (Lipinski definition) is 4. The first-order chi connectivity index (χ1) is 13.1. The van der Waals surface area contributed by atoms with Crippen molar-refractivity contribution in [2.75, 3.05) is 0 Å². The van der Waals surface area contributed by atoms with Crippen LogP contribution in [0.1, 0.15) is 59.7 Å². The second kappa shape index (κ2) is 7.43. The Morgan fingerprint density at radius 2 is 1.78 bits per heavy atom. The summed E-state index contributed by atoms with van der Waals surface area (Å²) in [6, 6.07) is 14.2. The van der Waals surface area contributed by atoms with Crippen LogP contribution in [0, 0.1) is 0 Å². The van der Waals surface area contributed by atoms with Crippen molar-refractivity contribution in [1.29, 1.82) is 0 Å². The van der Waals surface area contributed by atoms with Crippen LogP contribution in [0.25, 0.3) is 11.4 Å². The molecule has 0 saturated heterocycles. The molecule has 1 aliphatic carbocycles. The fourth-order valence-corrected chi connectivity index (χ4v) is 3.57. The molecule has 0 spiro atoms. The van der Waals surface area contributed by atoms with Gasteiger partial charge in [-0.25, -0.2) is 0 Å². The van der Waals surface area contributed by atoms with Gasteiger partial charge in [-0.3, -0.25) is 4.79 Å². The molecule has 0 amide bonds. The minimum atomic E-state index is 0.0162. The summed E-state index contributed by atoms with van der Waals surface area (Å²) in [5.74, 6) is 1.04. The normalized spacial score (nSPS) is 13.6. The van der Waals surface area contributed by atoms with E-state index < -0.39 is 0 Å². The van der Waals surface area contributed by atoms with Crippen LogP contribution < -0.4 is 0 Å². The third-order valence-corrected chi connectivity index (χ3v) is 5.24. The molecule has 0 bridgehead atoms. The number of tetrazole rings is 1. The minimum absolute atomic E-state index is 0.0162. The largest absolute Gasteiger partial charge is 0.292 e. The maximum Gasteiger partial charge on any atom is 0.204 e. The molecule has 4 rings (SSSR count). The van der Waals surface area contributed by atoms with E-state index in [9.17, 15) is 4.79 Å². The van der Waals surface area contributed by atoms with Gasteiger partial charge in [-0.15, -0.1) is 10.2 Å². The van der Waals surface area contributed by atoms with Crippen LogP contribution in [0.3, 0.4) is 0 Å². The Kier molecular flexibility index (Phi) is 4.84. The molecule has 3 aromatic rings. The summed E-state index contributed by atoms with van der Waals surface area (Å²) in [6.45, 7) is 4.43. The van der Waals surface area contributed by atoms with E-state index in [4.69, 9.17) is 0 Å². The lowest BCUT2D eigenvalue weighted by molar-refractivity contribution is 0.0961. The molecule has 1 aromatic heterocycles. The highest BCUT2D eigenvalue weighted by Crippen LogP contribution is 2.23. The molecular weight excluding hydrogens is 336 g/mol. The maximum absolute atomic E-state index is 12.6. The van der Waals surface area contributed by atoms with Crippen molar-refractivity contribution < 1.29 is 4.79 Å². The van der Waals surface area contributed by atoms with Crippen LogP contribution >= 0.6 is 0 Å². The summed E-state index contributed by atoms with van der Waals surface area (Å²) in [5.41, 5.74) is 5.60. The van der Waals surface area contributed by atoms with Crippen molar-refractivity contribution in [1.82, 2.24) is 20.2 Å². The molecule has 5 heteroatoms. The smallest absolute Gasteiger partial charge is 0.204 e. The highest BCUT2D eigenvalue weighted by molar-refractivity contribution is 5.96. The first kappa shape index (κ1) is 17.6. The van der Waals surface area contributed by atoms with E-state index >= 15 is 0 Å². The monoisotopic (exact) mass is 360 g/mol. The van der Waals surface area contributed by atoms with Crippen molar-refractivity contribution >= 4 is 5.78 Å². The molecule has 138 valence electrons. The van der Waals surface area contributed by atoms with Crippen molar-refractivity contribution in [3.63, 3.8) is 0 Å². The Balaban J connectivity index is 1.48. The fourth-order valence-electron chi connectivity index (χ4n) is 3.57. The Morgan fingerprint density at radius 1 is 1.04 bits per heavy atom. The minimum Gasteiger partial charge on any atom is -0.292 e. The average Bonchev–Trinajstić information content (AvgIpc) is 3.16. The van der Waals surface area contributed by atoms with Crippen LogP contribution in [0.2, 0.25) is 0 Å². The number of aryl methyl sites for hydroxylation is 2. The van der Waals surface area contributed by atoms with Crippen LogP contribution in [0.4, 0.5) is 0 Å². The van der Waals surface area contributed by atoms with Gasteiger partial charge >= 0.3 is 0 Å². The molecule has 0 atom stereocenters. The number of aromatic nitrogens is 4. The van der Waals surface area contributed by atoms with Gasteiger partial charge in [0.15, 0.2) is 5.78 Å². The number of carbonyl (C=O) groups excluding carboxylic acids is 1. The highest BCUT2D eigenvalue weighted by atomic mass is 16.1. The van der Waals surface area contributed by atoms with Crippen LogP contribution in [-0.2, 0) is 19.4 Å². The van der Waals surface area contributed by atoms with Gasteiger partial charge in [-0.2, -0.15) is 4.80 Å². The van der Waals surface area contributed by atoms with Crippen molar-refractivity contribution in [2.45, 2.75) is 52.0 Å². The van der Waals surface area contributed by atoms with E-state index in [-0.39, 0.29) is 12.3 Å². The predicted octanol–water partition coefficient (Wildman–Crippen LogP) is 4.23. The molecule has 1 aliphatic rings. The summed E-state index contributed by atoms with van der Waals surface area (Å²) in [7, 11) is 0. The van der Waals surface area contributed by atoms with Crippen LogP contribution in [-0.4, -0.2) is 26.0 Å². The lowest BCUT2D eigenvalue weighted by Gasteiger charge is -2.16. The van der Waals surface area contributed by atoms with Crippen LogP contribution in [0.15, 0.2) is 42.5 Å². The molecule has 0 radical (unpaired) electrons. The van der Waals surface area contributed by atoms with Crippen molar-refractivity contribution in [2.24, 2.45) is 0 Å². The second-order valence-corrected chi connectivity index (χ2v) is 7.53. The van der Waals surface area contributed by atoms with Crippen LogP contribution in [0.5, 0.6) is 0 Å². The van der Waals surface area contributed by atoms with E-state index in [1.807, 2.05) is 24.3 Å². The second-order valence-electron chi connectivity index (χ2n) is 7.53. The predicted molar refractivity (Wildman–Crippen MR) is 105 cm³/mol. The standard InChI is InChI=1S/C22H24N4O/c1-15(2)16-7-10-18(11-8-16)22-23-25-26(24-22)14-21(27)20-12-9-17-5-3-4-6-19(17)13-20/h7-13,15H,3-6,14H2,1-2H3. The van der Waals surface area contributed by atoms with Gasteiger partial charge in [-0.1, -0.05) is 50.2 Å². The highest BCUT2D eigenvalue weighted by Gasteiger charge is 2.15. The van der Waals surface area contributed by atoms with Gasteiger partial charge in [-0.05, 0) is 59.6 Å². The molecule has 1 heterocycles. The summed E-state index contributed by atoms with van der Waals surface area (Å²) >= 11 is 0. The van der Waals surface area contributed by atoms with E-state index in [1.165, 1.54) is 34.3 Å². The zero-order valence-electron chi connectivity index (χ0n) is 15.9. The first-order valence-corrected chi connectivity index (χ1v) is 9.63. The number of rotatable bonds is 5. The molecule has 0 fully saturated rings. The Hall–Kier alpha value is -2.82.